The molecule has 2 atom stereocenters. The lowest BCUT2D eigenvalue weighted by molar-refractivity contribution is 0.676. The van der Waals surface area contributed by atoms with Gasteiger partial charge in [0.05, 0.1) is 15.6 Å². The first-order valence-corrected chi connectivity index (χ1v) is 7.76. The van der Waals surface area contributed by atoms with Gasteiger partial charge in [-0.1, -0.05) is 18.2 Å². The first-order chi connectivity index (χ1) is 9.19. The fourth-order valence-electron chi connectivity index (χ4n) is 3.56. The molecule has 0 unspecified atom stereocenters. The van der Waals surface area contributed by atoms with Crippen molar-refractivity contribution in [1.29, 1.82) is 0 Å². The molecule has 1 saturated heterocycles. The first-order valence-electron chi connectivity index (χ1n) is 6.95. The zero-order valence-corrected chi connectivity index (χ0v) is 12.2. The Morgan fingerprint density at radius 3 is 2.89 bits per heavy atom. The standard InChI is InChI=1S/C16H18N2S/c1-10-15(19-11(2)18-10)12-4-3-5-13(6-12)16-7-14(16)8-17-9-16/h3-6,14,17H,7-9H2,1-2H3/t14-,16+/m0/s1. The van der Waals surface area contributed by atoms with Crippen LogP contribution in [0.3, 0.4) is 0 Å². The maximum atomic E-state index is 4.55. The van der Waals surface area contributed by atoms with Gasteiger partial charge in [-0.2, -0.15) is 0 Å². The van der Waals surface area contributed by atoms with Crippen LogP contribution in [-0.4, -0.2) is 18.1 Å². The average molecular weight is 270 g/mol. The number of benzene rings is 1. The van der Waals surface area contributed by atoms with Gasteiger partial charge >= 0.3 is 0 Å². The summed E-state index contributed by atoms with van der Waals surface area (Å²) in [6, 6.07) is 9.13. The SMILES string of the molecule is Cc1nc(C)c(-c2cccc([C@@]34CNC[C@@H]3C4)c2)s1. The minimum Gasteiger partial charge on any atom is -0.316 e. The van der Waals surface area contributed by atoms with Gasteiger partial charge in [0, 0.05) is 12.0 Å². The summed E-state index contributed by atoms with van der Waals surface area (Å²) < 4.78 is 0. The topological polar surface area (TPSA) is 24.9 Å². The van der Waals surface area contributed by atoms with Gasteiger partial charge in [-0.25, -0.2) is 4.98 Å². The molecule has 0 amide bonds. The fourth-order valence-corrected chi connectivity index (χ4v) is 4.48. The quantitative estimate of drug-likeness (QED) is 0.906. The largest absolute Gasteiger partial charge is 0.316 e. The predicted molar refractivity (Wildman–Crippen MR) is 79.7 cm³/mol. The monoisotopic (exact) mass is 270 g/mol. The molecule has 2 aliphatic rings. The van der Waals surface area contributed by atoms with E-state index in [1.165, 1.54) is 29.0 Å². The molecule has 1 saturated carbocycles. The lowest BCUT2D eigenvalue weighted by atomic mass is 9.93. The Balaban J connectivity index is 1.77. The minimum absolute atomic E-state index is 0.448. The molecule has 98 valence electrons. The molecule has 1 aromatic carbocycles. The number of piperidine rings is 1. The molecule has 1 N–H and O–H groups in total. The van der Waals surface area contributed by atoms with Crippen molar-refractivity contribution in [3.05, 3.63) is 40.5 Å². The van der Waals surface area contributed by atoms with E-state index in [-0.39, 0.29) is 0 Å². The third-order valence-electron chi connectivity index (χ3n) is 4.67. The highest BCUT2D eigenvalue weighted by atomic mass is 32.1. The Labute approximate surface area is 117 Å². The number of aromatic nitrogens is 1. The van der Waals surface area contributed by atoms with E-state index in [1.807, 2.05) is 0 Å². The van der Waals surface area contributed by atoms with Gasteiger partial charge in [0.1, 0.15) is 0 Å². The molecule has 0 bridgehead atoms. The lowest BCUT2D eigenvalue weighted by Gasteiger charge is -2.13. The molecule has 19 heavy (non-hydrogen) atoms. The van der Waals surface area contributed by atoms with Gasteiger partial charge in [-0.15, -0.1) is 11.3 Å². The molecule has 3 heteroatoms. The predicted octanol–water partition coefficient (Wildman–Crippen LogP) is 3.29. The van der Waals surface area contributed by atoms with Gasteiger partial charge in [0.2, 0.25) is 0 Å². The van der Waals surface area contributed by atoms with Crippen molar-refractivity contribution in [2.45, 2.75) is 25.7 Å². The molecule has 4 rings (SSSR count). The van der Waals surface area contributed by atoms with Crippen LogP contribution in [0.2, 0.25) is 0 Å². The number of thiazole rings is 1. The van der Waals surface area contributed by atoms with Crippen LogP contribution in [-0.2, 0) is 5.41 Å². The molecule has 1 aliphatic heterocycles. The zero-order valence-electron chi connectivity index (χ0n) is 11.4. The van der Waals surface area contributed by atoms with Crippen molar-refractivity contribution in [2.75, 3.05) is 13.1 Å². The number of rotatable bonds is 2. The average Bonchev–Trinajstić information content (AvgIpc) is 2.79. The van der Waals surface area contributed by atoms with Crippen molar-refractivity contribution < 1.29 is 0 Å². The summed E-state index contributed by atoms with van der Waals surface area (Å²) in [7, 11) is 0. The van der Waals surface area contributed by atoms with Crippen LogP contribution in [0, 0.1) is 19.8 Å². The van der Waals surface area contributed by atoms with Gasteiger partial charge in [-0.3, -0.25) is 0 Å². The van der Waals surface area contributed by atoms with Crippen LogP contribution in [0.25, 0.3) is 10.4 Å². The smallest absolute Gasteiger partial charge is 0.0903 e. The Bertz CT molecular complexity index is 646. The highest BCUT2D eigenvalue weighted by molar-refractivity contribution is 7.15. The van der Waals surface area contributed by atoms with E-state index in [0.717, 1.165) is 23.2 Å². The van der Waals surface area contributed by atoms with Crippen LogP contribution >= 0.6 is 11.3 Å². The number of hydrogen-bond donors (Lipinski definition) is 1. The molecule has 1 aromatic heterocycles. The molecule has 0 radical (unpaired) electrons. The van der Waals surface area contributed by atoms with Crippen molar-refractivity contribution in [3.63, 3.8) is 0 Å². The van der Waals surface area contributed by atoms with Gasteiger partial charge < -0.3 is 5.32 Å². The number of nitrogens with zero attached hydrogens (tertiary/aromatic N) is 1. The highest BCUT2D eigenvalue weighted by Gasteiger charge is 2.57. The second-order valence-electron chi connectivity index (χ2n) is 5.92. The summed E-state index contributed by atoms with van der Waals surface area (Å²) in [5.41, 5.74) is 4.47. The van der Waals surface area contributed by atoms with Crippen molar-refractivity contribution in [2.24, 2.45) is 5.92 Å². The molecule has 2 fully saturated rings. The lowest BCUT2D eigenvalue weighted by Crippen LogP contribution is -2.19. The first kappa shape index (κ1) is 11.6. The zero-order chi connectivity index (χ0) is 13.0. The van der Waals surface area contributed by atoms with E-state index in [2.05, 4.69) is 48.4 Å². The third-order valence-corrected chi connectivity index (χ3v) is 5.79. The fraction of sp³-hybridized carbons (Fsp3) is 0.438. The van der Waals surface area contributed by atoms with E-state index >= 15 is 0 Å². The van der Waals surface area contributed by atoms with Crippen LogP contribution in [0.1, 0.15) is 22.7 Å². The highest BCUT2D eigenvalue weighted by Crippen LogP contribution is 2.56. The van der Waals surface area contributed by atoms with Crippen LogP contribution in [0.15, 0.2) is 24.3 Å². The number of fused-ring (bicyclic) bond motifs is 1. The Hall–Kier alpha value is -1.19. The maximum Gasteiger partial charge on any atom is 0.0903 e. The summed E-state index contributed by atoms with van der Waals surface area (Å²) in [6.07, 6.45) is 1.37. The van der Waals surface area contributed by atoms with E-state index in [4.69, 9.17) is 0 Å². The van der Waals surface area contributed by atoms with Crippen molar-refractivity contribution >= 4 is 11.3 Å². The second kappa shape index (κ2) is 3.90. The Morgan fingerprint density at radius 2 is 2.26 bits per heavy atom. The molecule has 2 nitrogen and oxygen atoms in total. The summed E-state index contributed by atoms with van der Waals surface area (Å²) in [4.78, 5) is 5.88. The molecule has 1 aliphatic carbocycles. The third kappa shape index (κ3) is 1.68. The normalized spacial score (nSPS) is 28.4. The van der Waals surface area contributed by atoms with E-state index < -0.39 is 0 Å². The minimum atomic E-state index is 0.448. The number of nitrogens with one attached hydrogen (secondary N) is 1. The van der Waals surface area contributed by atoms with Crippen molar-refractivity contribution in [3.8, 4) is 10.4 Å². The summed E-state index contributed by atoms with van der Waals surface area (Å²) in [5.74, 6) is 0.868. The number of aryl methyl sites for hydroxylation is 2. The van der Waals surface area contributed by atoms with Crippen molar-refractivity contribution in [1.82, 2.24) is 10.3 Å². The Morgan fingerprint density at radius 1 is 1.37 bits per heavy atom. The molecule has 2 aromatic rings. The van der Waals surface area contributed by atoms with Gasteiger partial charge in [0.15, 0.2) is 0 Å². The van der Waals surface area contributed by atoms with E-state index in [1.54, 1.807) is 11.3 Å². The molecule has 0 spiro atoms. The van der Waals surface area contributed by atoms with Crippen LogP contribution < -0.4 is 5.32 Å². The van der Waals surface area contributed by atoms with Gasteiger partial charge in [0.25, 0.3) is 0 Å². The van der Waals surface area contributed by atoms with Crippen LogP contribution in [0.5, 0.6) is 0 Å². The molecule has 2 heterocycles. The maximum absolute atomic E-state index is 4.55. The summed E-state index contributed by atoms with van der Waals surface area (Å²) >= 11 is 1.80. The van der Waals surface area contributed by atoms with Gasteiger partial charge in [-0.05, 0) is 49.9 Å². The summed E-state index contributed by atoms with van der Waals surface area (Å²) in [5, 5.41) is 4.68. The molecular formula is C16H18N2S. The Kier molecular flexibility index (Phi) is 2.39. The van der Waals surface area contributed by atoms with E-state index in [0.29, 0.717) is 5.41 Å². The summed E-state index contributed by atoms with van der Waals surface area (Å²) in [6.45, 7) is 6.55. The molecular weight excluding hydrogens is 252 g/mol. The number of hydrogen-bond acceptors (Lipinski definition) is 3. The van der Waals surface area contributed by atoms with Crippen LogP contribution in [0.4, 0.5) is 0 Å². The second-order valence-corrected chi connectivity index (χ2v) is 7.12. The van der Waals surface area contributed by atoms with E-state index in [9.17, 15) is 0 Å².